The number of benzene rings is 2. The maximum atomic E-state index is 12.5. The molecule has 1 N–H and O–H groups in total. The number of amides is 1. The van der Waals surface area contributed by atoms with Crippen LogP contribution in [-0.2, 0) is 0 Å². The lowest BCUT2D eigenvalue weighted by Gasteiger charge is -2.13. The molecule has 0 saturated heterocycles. The summed E-state index contributed by atoms with van der Waals surface area (Å²) in [6.07, 6.45) is 0. The van der Waals surface area contributed by atoms with Crippen molar-refractivity contribution in [3.8, 4) is 5.75 Å². The van der Waals surface area contributed by atoms with Crippen molar-refractivity contribution in [3.05, 3.63) is 58.1 Å². The monoisotopic (exact) mass is 303 g/mol. The molecule has 0 heterocycles. The van der Waals surface area contributed by atoms with Gasteiger partial charge >= 0.3 is 0 Å². The fraction of sp³-hybridized carbons (Fsp3) is 0.235. The quantitative estimate of drug-likeness (QED) is 0.896. The number of carbonyl (C=O) groups is 1. The van der Waals surface area contributed by atoms with Crippen LogP contribution in [0.25, 0.3) is 0 Å². The first-order chi connectivity index (χ1) is 10.0. The van der Waals surface area contributed by atoms with Crippen LogP contribution < -0.4 is 10.1 Å². The van der Waals surface area contributed by atoms with Crippen molar-refractivity contribution in [2.24, 2.45) is 0 Å². The molecular weight excluding hydrogens is 286 g/mol. The summed E-state index contributed by atoms with van der Waals surface area (Å²) in [6, 6.07) is 10.8. The Labute approximate surface area is 129 Å². The van der Waals surface area contributed by atoms with Gasteiger partial charge in [-0.05, 0) is 56.2 Å². The van der Waals surface area contributed by atoms with Gasteiger partial charge in [0.2, 0.25) is 0 Å². The van der Waals surface area contributed by atoms with E-state index >= 15 is 0 Å². The maximum Gasteiger partial charge on any atom is 0.259 e. The summed E-state index contributed by atoms with van der Waals surface area (Å²) < 4.78 is 5.49. The number of ether oxygens (including phenoxy) is 1. The number of aryl methyl sites for hydroxylation is 1. The second-order valence-electron chi connectivity index (χ2n) is 4.78. The van der Waals surface area contributed by atoms with Gasteiger partial charge in [0.05, 0.1) is 12.2 Å². The normalized spacial score (nSPS) is 10.3. The third kappa shape index (κ3) is 3.56. The van der Waals surface area contributed by atoms with Crippen LogP contribution in [0.5, 0.6) is 5.75 Å². The zero-order valence-corrected chi connectivity index (χ0v) is 13.1. The Bertz CT molecular complexity index is 668. The largest absolute Gasteiger partial charge is 0.493 e. The Morgan fingerprint density at radius 3 is 2.71 bits per heavy atom. The van der Waals surface area contributed by atoms with E-state index in [-0.39, 0.29) is 5.91 Å². The van der Waals surface area contributed by atoms with E-state index in [2.05, 4.69) is 5.32 Å². The topological polar surface area (TPSA) is 38.3 Å². The lowest BCUT2D eigenvalue weighted by atomic mass is 10.1. The van der Waals surface area contributed by atoms with Crippen molar-refractivity contribution in [2.75, 3.05) is 11.9 Å². The van der Waals surface area contributed by atoms with Crippen LogP contribution in [0.3, 0.4) is 0 Å². The molecule has 2 rings (SSSR count). The van der Waals surface area contributed by atoms with Crippen molar-refractivity contribution in [1.82, 2.24) is 0 Å². The molecule has 0 radical (unpaired) electrons. The maximum absolute atomic E-state index is 12.5. The number of hydrogen-bond donors (Lipinski definition) is 1. The number of halogens is 1. The molecule has 2 aromatic rings. The first-order valence-corrected chi connectivity index (χ1v) is 7.20. The molecule has 0 fully saturated rings. The minimum absolute atomic E-state index is 0.227. The van der Waals surface area contributed by atoms with E-state index in [1.165, 1.54) is 0 Å². The van der Waals surface area contributed by atoms with Gasteiger partial charge in [0.25, 0.3) is 5.91 Å². The third-order valence-electron chi connectivity index (χ3n) is 3.34. The summed E-state index contributed by atoms with van der Waals surface area (Å²) in [4.78, 5) is 12.5. The zero-order valence-electron chi connectivity index (χ0n) is 12.4. The molecule has 0 atom stereocenters. The van der Waals surface area contributed by atoms with Gasteiger partial charge in [-0.1, -0.05) is 23.7 Å². The Balaban J connectivity index is 2.32. The molecule has 4 heteroatoms. The smallest absolute Gasteiger partial charge is 0.259 e. The third-order valence-corrected chi connectivity index (χ3v) is 3.57. The summed E-state index contributed by atoms with van der Waals surface area (Å²) in [6.45, 7) is 6.36. The van der Waals surface area contributed by atoms with E-state index in [4.69, 9.17) is 16.3 Å². The van der Waals surface area contributed by atoms with Crippen LogP contribution in [0.1, 0.15) is 28.4 Å². The molecule has 2 aromatic carbocycles. The lowest BCUT2D eigenvalue weighted by molar-refractivity contribution is 0.102. The molecule has 0 aromatic heterocycles. The van der Waals surface area contributed by atoms with Crippen molar-refractivity contribution in [2.45, 2.75) is 20.8 Å². The van der Waals surface area contributed by atoms with Crippen LogP contribution in [-0.4, -0.2) is 12.5 Å². The van der Waals surface area contributed by atoms with E-state index in [0.29, 0.717) is 22.9 Å². The zero-order chi connectivity index (χ0) is 15.4. The van der Waals surface area contributed by atoms with Crippen LogP contribution in [0.2, 0.25) is 5.02 Å². The first kappa shape index (κ1) is 15.4. The Morgan fingerprint density at radius 2 is 2.00 bits per heavy atom. The van der Waals surface area contributed by atoms with Gasteiger partial charge in [0.1, 0.15) is 5.75 Å². The van der Waals surface area contributed by atoms with Crippen molar-refractivity contribution in [1.29, 1.82) is 0 Å². The first-order valence-electron chi connectivity index (χ1n) is 6.83. The molecule has 3 nitrogen and oxygen atoms in total. The fourth-order valence-electron chi connectivity index (χ4n) is 2.04. The van der Waals surface area contributed by atoms with Gasteiger partial charge < -0.3 is 10.1 Å². The van der Waals surface area contributed by atoms with E-state index in [1.807, 2.05) is 39.0 Å². The molecule has 110 valence electrons. The highest BCUT2D eigenvalue weighted by molar-refractivity contribution is 6.31. The highest BCUT2D eigenvalue weighted by Gasteiger charge is 2.14. The van der Waals surface area contributed by atoms with E-state index < -0.39 is 0 Å². The van der Waals surface area contributed by atoms with Crippen LogP contribution in [0.4, 0.5) is 5.69 Å². The van der Waals surface area contributed by atoms with Crippen molar-refractivity contribution >= 4 is 23.2 Å². The molecule has 0 unspecified atom stereocenters. The van der Waals surface area contributed by atoms with Crippen molar-refractivity contribution < 1.29 is 9.53 Å². The number of carbonyl (C=O) groups excluding carboxylic acids is 1. The van der Waals surface area contributed by atoms with Crippen LogP contribution in [0, 0.1) is 13.8 Å². The molecule has 0 aliphatic carbocycles. The average molecular weight is 304 g/mol. The summed E-state index contributed by atoms with van der Waals surface area (Å²) in [5, 5.41) is 3.42. The predicted octanol–water partition coefficient (Wildman–Crippen LogP) is 4.61. The second kappa shape index (κ2) is 6.64. The van der Waals surface area contributed by atoms with E-state index in [9.17, 15) is 4.79 Å². The standard InChI is InChI=1S/C17H18ClNO2/c1-4-21-16-9-8-13(18)10-14(16)17(20)19-15-7-5-6-11(2)12(15)3/h5-10H,4H2,1-3H3,(H,19,20). The Hall–Kier alpha value is -2.00. The predicted molar refractivity (Wildman–Crippen MR) is 86.5 cm³/mol. The number of rotatable bonds is 4. The fourth-order valence-corrected chi connectivity index (χ4v) is 2.21. The highest BCUT2D eigenvalue weighted by Crippen LogP contribution is 2.25. The molecular formula is C17H18ClNO2. The summed E-state index contributed by atoms with van der Waals surface area (Å²) in [5.41, 5.74) is 3.41. The van der Waals surface area contributed by atoms with Crippen LogP contribution >= 0.6 is 11.6 Å². The molecule has 0 aliphatic heterocycles. The minimum Gasteiger partial charge on any atom is -0.493 e. The summed E-state index contributed by atoms with van der Waals surface area (Å²) >= 11 is 5.98. The van der Waals surface area contributed by atoms with E-state index in [1.54, 1.807) is 18.2 Å². The summed E-state index contributed by atoms with van der Waals surface area (Å²) in [5.74, 6) is 0.305. The summed E-state index contributed by atoms with van der Waals surface area (Å²) in [7, 11) is 0. The number of hydrogen-bond acceptors (Lipinski definition) is 2. The van der Waals surface area contributed by atoms with Gasteiger partial charge in [-0.25, -0.2) is 0 Å². The number of anilines is 1. The average Bonchev–Trinajstić information content (AvgIpc) is 2.46. The molecule has 0 bridgehead atoms. The molecule has 1 amide bonds. The van der Waals surface area contributed by atoms with E-state index in [0.717, 1.165) is 16.8 Å². The number of nitrogens with one attached hydrogen (secondary N) is 1. The molecule has 0 spiro atoms. The van der Waals surface area contributed by atoms with Gasteiger partial charge in [0.15, 0.2) is 0 Å². The molecule has 0 saturated carbocycles. The van der Waals surface area contributed by atoms with Crippen molar-refractivity contribution in [3.63, 3.8) is 0 Å². The van der Waals surface area contributed by atoms with Gasteiger partial charge in [-0.15, -0.1) is 0 Å². The Kier molecular flexibility index (Phi) is 4.86. The van der Waals surface area contributed by atoms with Crippen LogP contribution in [0.15, 0.2) is 36.4 Å². The molecule has 21 heavy (non-hydrogen) atoms. The lowest BCUT2D eigenvalue weighted by Crippen LogP contribution is -2.14. The van der Waals surface area contributed by atoms with Gasteiger partial charge in [0, 0.05) is 10.7 Å². The Morgan fingerprint density at radius 1 is 1.24 bits per heavy atom. The van der Waals surface area contributed by atoms with Gasteiger partial charge in [-0.3, -0.25) is 4.79 Å². The highest BCUT2D eigenvalue weighted by atomic mass is 35.5. The minimum atomic E-state index is -0.227. The SMILES string of the molecule is CCOc1ccc(Cl)cc1C(=O)Nc1cccc(C)c1C. The molecule has 0 aliphatic rings. The second-order valence-corrected chi connectivity index (χ2v) is 5.21. The van der Waals surface area contributed by atoms with Gasteiger partial charge in [-0.2, -0.15) is 0 Å².